The van der Waals surface area contributed by atoms with Crippen molar-refractivity contribution >= 4 is 5.91 Å². The maximum atomic E-state index is 12.1. The Morgan fingerprint density at radius 2 is 2.30 bits per heavy atom. The Labute approximate surface area is 121 Å². The fourth-order valence-electron chi connectivity index (χ4n) is 2.68. The molecule has 1 atom stereocenters. The first-order valence-corrected chi connectivity index (χ1v) is 7.55. The van der Waals surface area contributed by atoms with Crippen LogP contribution >= 0.6 is 0 Å². The van der Waals surface area contributed by atoms with Crippen LogP contribution in [0.4, 0.5) is 0 Å². The molecule has 0 aliphatic carbocycles. The predicted molar refractivity (Wildman–Crippen MR) is 80.3 cm³/mol. The SMILES string of the molecule is Cc1cccc(CN(C)C(=O)CCC2CCCCN2)n1. The van der Waals surface area contributed by atoms with E-state index in [1.54, 1.807) is 4.90 Å². The van der Waals surface area contributed by atoms with Gasteiger partial charge < -0.3 is 10.2 Å². The predicted octanol–water partition coefficient (Wildman–Crippen LogP) is 2.27. The second kappa shape index (κ2) is 7.39. The minimum absolute atomic E-state index is 0.209. The van der Waals surface area contributed by atoms with Gasteiger partial charge in [-0.2, -0.15) is 0 Å². The molecule has 4 heteroatoms. The topological polar surface area (TPSA) is 45.2 Å². The molecule has 1 unspecified atom stereocenters. The van der Waals surface area contributed by atoms with Crippen molar-refractivity contribution in [2.24, 2.45) is 0 Å². The zero-order chi connectivity index (χ0) is 14.4. The Balaban J connectivity index is 1.76. The summed E-state index contributed by atoms with van der Waals surface area (Å²) < 4.78 is 0. The molecule has 1 fully saturated rings. The van der Waals surface area contributed by atoms with E-state index >= 15 is 0 Å². The minimum Gasteiger partial charge on any atom is -0.340 e. The van der Waals surface area contributed by atoms with Crippen molar-refractivity contribution in [1.82, 2.24) is 15.2 Å². The monoisotopic (exact) mass is 275 g/mol. The van der Waals surface area contributed by atoms with Crippen molar-refractivity contribution < 1.29 is 4.79 Å². The number of carbonyl (C=O) groups excluding carboxylic acids is 1. The summed E-state index contributed by atoms with van der Waals surface area (Å²) in [5.41, 5.74) is 1.95. The highest BCUT2D eigenvalue weighted by atomic mass is 16.2. The van der Waals surface area contributed by atoms with Gasteiger partial charge in [0.1, 0.15) is 0 Å². The zero-order valence-electron chi connectivity index (χ0n) is 12.6. The van der Waals surface area contributed by atoms with Crippen LogP contribution < -0.4 is 5.32 Å². The third-order valence-corrected chi connectivity index (χ3v) is 3.89. The van der Waals surface area contributed by atoms with Gasteiger partial charge in [-0.05, 0) is 44.9 Å². The van der Waals surface area contributed by atoms with Crippen LogP contribution in [-0.4, -0.2) is 35.4 Å². The van der Waals surface area contributed by atoms with Crippen molar-refractivity contribution in [2.75, 3.05) is 13.6 Å². The summed E-state index contributed by atoms with van der Waals surface area (Å²) in [6.07, 6.45) is 5.33. The van der Waals surface area contributed by atoms with Gasteiger partial charge in [-0.3, -0.25) is 9.78 Å². The highest BCUT2D eigenvalue weighted by Crippen LogP contribution is 2.13. The number of hydrogen-bond acceptors (Lipinski definition) is 3. The van der Waals surface area contributed by atoms with Gasteiger partial charge in [0.2, 0.25) is 5.91 Å². The van der Waals surface area contributed by atoms with E-state index in [9.17, 15) is 4.79 Å². The minimum atomic E-state index is 0.209. The number of carbonyl (C=O) groups is 1. The molecule has 0 bridgehead atoms. The first-order valence-electron chi connectivity index (χ1n) is 7.55. The molecule has 1 amide bonds. The van der Waals surface area contributed by atoms with E-state index in [1.165, 1.54) is 19.3 Å². The van der Waals surface area contributed by atoms with Gasteiger partial charge >= 0.3 is 0 Å². The van der Waals surface area contributed by atoms with Crippen molar-refractivity contribution in [3.8, 4) is 0 Å². The van der Waals surface area contributed by atoms with Crippen molar-refractivity contribution in [3.05, 3.63) is 29.6 Å². The average molecular weight is 275 g/mol. The number of pyridine rings is 1. The third kappa shape index (κ3) is 4.60. The zero-order valence-corrected chi connectivity index (χ0v) is 12.6. The molecule has 1 saturated heterocycles. The highest BCUT2D eigenvalue weighted by Gasteiger charge is 2.16. The van der Waals surface area contributed by atoms with Gasteiger partial charge in [0.15, 0.2) is 0 Å². The first kappa shape index (κ1) is 15.0. The molecule has 2 heterocycles. The van der Waals surface area contributed by atoms with E-state index in [2.05, 4.69) is 10.3 Å². The Morgan fingerprint density at radius 1 is 1.45 bits per heavy atom. The van der Waals surface area contributed by atoms with E-state index in [4.69, 9.17) is 0 Å². The molecule has 20 heavy (non-hydrogen) atoms. The Hall–Kier alpha value is -1.42. The number of rotatable bonds is 5. The molecule has 0 spiro atoms. The molecule has 1 N–H and O–H groups in total. The molecule has 1 aromatic heterocycles. The highest BCUT2D eigenvalue weighted by molar-refractivity contribution is 5.75. The van der Waals surface area contributed by atoms with Crippen LogP contribution in [-0.2, 0) is 11.3 Å². The van der Waals surface area contributed by atoms with Crippen LogP contribution in [0.1, 0.15) is 43.5 Å². The van der Waals surface area contributed by atoms with Crippen LogP contribution in [0.2, 0.25) is 0 Å². The Morgan fingerprint density at radius 3 is 3.00 bits per heavy atom. The van der Waals surface area contributed by atoms with Gasteiger partial charge in [0.05, 0.1) is 12.2 Å². The summed E-state index contributed by atoms with van der Waals surface area (Å²) in [4.78, 5) is 18.4. The summed E-state index contributed by atoms with van der Waals surface area (Å²) in [6, 6.07) is 6.46. The van der Waals surface area contributed by atoms with E-state index in [1.807, 2.05) is 32.2 Å². The Kier molecular flexibility index (Phi) is 5.53. The number of nitrogens with one attached hydrogen (secondary N) is 1. The van der Waals surface area contributed by atoms with Crippen molar-refractivity contribution in [2.45, 2.75) is 51.6 Å². The van der Waals surface area contributed by atoms with Gasteiger partial charge in [0.25, 0.3) is 0 Å². The molecule has 1 aromatic rings. The lowest BCUT2D eigenvalue weighted by atomic mass is 10.0. The number of aryl methyl sites for hydroxylation is 1. The molecule has 1 aliphatic rings. The van der Waals surface area contributed by atoms with Crippen LogP contribution in [0, 0.1) is 6.92 Å². The average Bonchev–Trinajstić information content (AvgIpc) is 2.46. The third-order valence-electron chi connectivity index (χ3n) is 3.89. The fourth-order valence-corrected chi connectivity index (χ4v) is 2.68. The second-order valence-corrected chi connectivity index (χ2v) is 5.71. The quantitative estimate of drug-likeness (QED) is 0.896. The first-order chi connectivity index (χ1) is 9.65. The number of hydrogen-bond donors (Lipinski definition) is 1. The summed E-state index contributed by atoms with van der Waals surface area (Å²) in [7, 11) is 1.86. The van der Waals surface area contributed by atoms with E-state index in [-0.39, 0.29) is 5.91 Å². The van der Waals surface area contributed by atoms with Crippen molar-refractivity contribution in [3.63, 3.8) is 0 Å². The standard InChI is InChI=1S/C16H25N3O/c1-13-6-5-8-15(18-13)12-19(2)16(20)10-9-14-7-3-4-11-17-14/h5-6,8,14,17H,3-4,7,9-12H2,1-2H3. The molecule has 0 aromatic carbocycles. The number of amides is 1. The van der Waals surface area contributed by atoms with Crippen LogP contribution in [0.5, 0.6) is 0 Å². The van der Waals surface area contributed by atoms with E-state index < -0.39 is 0 Å². The molecule has 110 valence electrons. The molecule has 2 rings (SSSR count). The fraction of sp³-hybridized carbons (Fsp3) is 0.625. The summed E-state index contributed by atoms with van der Waals surface area (Å²) in [5.74, 6) is 0.209. The molecule has 4 nitrogen and oxygen atoms in total. The number of nitrogens with zero attached hydrogens (tertiary/aromatic N) is 2. The summed E-state index contributed by atoms with van der Waals surface area (Å²) in [5, 5.41) is 3.49. The molecule has 1 aliphatic heterocycles. The maximum absolute atomic E-state index is 12.1. The molecule has 0 radical (unpaired) electrons. The lowest BCUT2D eigenvalue weighted by molar-refractivity contribution is -0.130. The van der Waals surface area contributed by atoms with Crippen LogP contribution in [0.3, 0.4) is 0 Å². The lowest BCUT2D eigenvalue weighted by Gasteiger charge is -2.24. The Bertz CT molecular complexity index is 441. The molecule has 0 saturated carbocycles. The summed E-state index contributed by atoms with van der Waals surface area (Å²) in [6.45, 7) is 3.67. The second-order valence-electron chi connectivity index (χ2n) is 5.71. The lowest BCUT2D eigenvalue weighted by Crippen LogP contribution is -2.35. The van der Waals surface area contributed by atoms with Gasteiger partial charge in [-0.25, -0.2) is 0 Å². The summed E-state index contributed by atoms with van der Waals surface area (Å²) >= 11 is 0. The molecular formula is C16H25N3O. The van der Waals surface area contributed by atoms with Gasteiger partial charge in [0, 0.05) is 25.2 Å². The maximum Gasteiger partial charge on any atom is 0.222 e. The van der Waals surface area contributed by atoms with E-state index in [0.29, 0.717) is 19.0 Å². The number of aromatic nitrogens is 1. The van der Waals surface area contributed by atoms with Crippen LogP contribution in [0.15, 0.2) is 18.2 Å². The van der Waals surface area contributed by atoms with Gasteiger partial charge in [-0.15, -0.1) is 0 Å². The largest absolute Gasteiger partial charge is 0.340 e. The normalized spacial score (nSPS) is 18.8. The van der Waals surface area contributed by atoms with Crippen LogP contribution in [0.25, 0.3) is 0 Å². The smallest absolute Gasteiger partial charge is 0.222 e. The van der Waals surface area contributed by atoms with Crippen molar-refractivity contribution in [1.29, 1.82) is 0 Å². The molecular weight excluding hydrogens is 250 g/mol. The number of piperidine rings is 1. The van der Waals surface area contributed by atoms with E-state index in [0.717, 1.165) is 24.4 Å². The van der Waals surface area contributed by atoms with Gasteiger partial charge in [-0.1, -0.05) is 12.5 Å².